The fourth-order valence-electron chi connectivity index (χ4n) is 2.23. The molecule has 0 bridgehead atoms. The van der Waals surface area contributed by atoms with Gasteiger partial charge < -0.3 is 16.4 Å². The summed E-state index contributed by atoms with van der Waals surface area (Å²) in [5.74, 6) is 0.122. The van der Waals surface area contributed by atoms with Crippen LogP contribution in [0.15, 0.2) is 22.7 Å². The van der Waals surface area contributed by atoms with E-state index in [2.05, 4.69) is 20.8 Å². The normalized spacial score (nSPS) is 19.6. The van der Waals surface area contributed by atoms with Gasteiger partial charge in [-0.1, -0.05) is 15.9 Å². The predicted molar refractivity (Wildman–Crippen MR) is 72.0 cm³/mol. The van der Waals surface area contributed by atoms with E-state index in [1.165, 1.54) is 0 Å². The Balaban J connectivity index is 2.29. The fraction of sp³-hybridized carbons (Fsp3) is 0.417. The van der Waals surface area contributed by atoms with E-state index in [9.17, 15) is 4.79 Å². The largest absolute Gasteiger partial charge is 0.371 e. The quantitative estimate of drug-likeness (QED) is 0.884. The Morgan fingerprint density at radius 2 is 2.29 bits per heavy atom. The molecule has 0 spiro atoms. The monoisotopic (exact) mass is 297 g/mol. The first-order chi connectivity index (χ1) is 8.11. The Kier molecular flexibility index (Phi) is 3.69. The van der Waals surface area contributed by atoms with Gasteiger partial charge in [0.15, 0.2) is 0 Å². The SMILES string of the molecule is NCC1CCN(c2ccc(Br)cc2C(N)=O)C1. The van der Waals surface area contributed by atoms with Gasteiger partial charge in [-0.3, -0.25) is 4.79 Å². The number of hydrogen-bond acceptors (Lipinski definition) is 3. The molecule has 0 aliphatic carbocycles. The lowest BCUT2D eigenvalue weighted by Gasteiger charge is -2.21. The number of hydrogen-bond donors (Lipinski definition) is 2. The second-order valence-electron chi connectivity index (χ2n) is 4.36. The highest BCUT2D eigenvalue weighted by Crippen LogP contribution is 2.28. The summed E-state index contributed by atoms with van der Waals surface area (Å²) in [6, 6.07) is 5.63. The van der Waals surface area contributed by atoms with E-state index in [1.54, 1.807) is 6.07 Å². The van der Waals surface area contributed by atoms with Crippen molar-refractivity contribution in [2.75, 3.05) is 24.5 Å². The number of nitrogens with zero attached hydrogens (tertiary/aromatic N) is 1. The van der Waals surface area contributed by atoms with Crippen LogP contribution >= 0.6 is 15.9 Å². The van der Waals surface area contributed by atoms with Gasteiger partial charge in [-0.05, 0) is 37.1 Å². The number of halogens is 1. The van der Waals surface area contributed by atoms with Gasteiger partial charge in [-0.15, -0.1) is 0 Å². The van der Waals surface area contributed by atoms with Crippen LogP contribution in [0, 0.1) is 5.92 Å². The molecule has 4 nitrogen and oxygen atoms in total. The predicted octanol–water partition coefficient (Wildman–Crippen LogP) is 1.33. The lowest BCUT2D eigenvalue weighted by Crippen LogP contribution is -2.25. The summed E-state index contributed by atoms with van der Waals surface area (Å²) >= 11 is 3.35. The summed E-state index contributed by atoms with van der Waals surface area (Å²) in [5.41, 5.74) is 12.6. The van der Waals surface area contributed by atoms with Crippen LogP contribution in [-0.4, -0.2) is 25.5 Å². The minimum atomic E-state index is -0.391. The van der Waals surface area contributed by atoms with E-state index in [1.807, 2.05) is 12.1 Å². The van der Waals surface area contributed by atoms with E-state index in [0.29, 0.717) is 18.0 Å². The maximum atomic E-state index is 11.4. The van der Waals surface area contributed by atoms with Gasteiger partial charge in [-0.2, -0.15) is 0 Å². The third-order valence-electron chi connectivity index (χ3n) is 3.18. The molecule has 1 aromatic carbocycles. The van der Waals surface area contributed by atoms with Crippen LogP contribution in [0.4, 0.5) is 5.69 Å². The van der Waals surface area contributed by atoms with Gasteiger partial charge in [0, 0.05) is 23.2 Å². The molecule has 0 saturated carbocycles. The molecule has 0 radical (unpaired) electrons. The number of nitrogens with two attached hydrogens (primary N) is 2. The molecule has 92 valence electrons. The average Bonchev–Trinajstić information content (AvgIpc) is 2.77. The first kappa shape index (κ1) is 12.4. The van der Waals surface area contributed by atoms with Crippen LogP contribution in [-0.2, 0) is 0 Å². The summed E-state index contributed by atoms with van der Waals surface area (Å²) in [7, 11) is 0. The maximum Gasteiger partial charge on any atom is 0.250 e. The molecule has 1 aromatic rings. The summed E-state index contributed by atoms with van der Waals surface area (Å²) in [6.07, 6.45) is 1.07. The van der Waals surface area contributed by atoms with Gasteiger partial charge in [0.1, 0.15) is 0 Å². The molecule has 1 heterocycles. The molecule has 1 unspecified atom stereocenters. The average molecular weight is 298 g/mol. The van der Waals surface area contributed by atoms with Crippen LogP contribution in [0.5, 0.6) is 0 Å². The summed E-state index contributed by atoms with van der Waals surface area (Å²) in [6.45, 7) is 2.53. The van der Waals surface area contributed by atoms with Crippen molar-refractivity contribution >= 4 is 27.5 Å². The smallest absolute Gasteiger partial charge is 0.250 e. The zero-order valence-corrected chi connectivity index (χ0v) is 11.1. The van der Waals surface area contributed by atoms with Gasteiger partial charge in [0.05, 0.1) is 5.56 Å². The summed E-state index contributed by atoms with van der Waals surface area (Å²) in [4.78, 5) is 13.6. The van der Waals surface area contributed by atoms with E-state index in [-0.39, 0.29) is 0 Å². The molecule has 2 rings (SSSR count). The highest BCUT2D eigenvalue weighted by Gasteiger charge is 2.24. The van der Waals surface area contributed by atoms with E-state index in [4.69, 9.17) is 11.5 Å². The van der Waals surface area contributed by atoms with Crippen molar-refractivity contribution in [1.82, 2.24) is 0 Å². The molecule has 1 fully saturated rings. The van der Waals surface area contributed by atoms with Crippen molar-refractivity contribution in [3.63, 3.8) is 0 Å². The second-order valence-corrected chi connectivity index (χ2v) is 5.28. The van der Waals surface area contributed by atoms with Crippen molar-refractivity contribution in [2.24, 2.45) is 17.4 Å². The number of rotatable bonds is 3. The van der Waals surface area contributed by atoms with E-state index >= 15 is 0 Å². The first-order valence-corrected chi connectivity index (χ1v) is 6.45. The van der Waals surface area contributed by atoms with Crippen molar-refractivity contribution in [2.45, 2.75) is 6.42 Å². The van der Waals surface area contributed by atoms with Crippen molar-refractivity contribution in [3.05, 3.63) is 28.2 Å². The molecule has 1 aliphatic rings. The minimum Gasteiger partial charge on any atom is -0.371 e. The van der Waals surface area contributed by atoms with Crippen LogP contribution < -0.4 is 16.4 Å². The minimum absolute atomic E-state index is 0.391. The van der Waals surface area contributed by atoms with Crippen LogP contribution in [0.25, 0.3) is 0 Å². The maximum absolute atomic E-state index is 11.4. The third-order valence-corrected chi connectivity index (χ3v) is 3.68. The van der Waals surface area contributed by atoms with Gasteiger partial charge in [-0.25, -0.2) is 0 Å². The number of amides is 1. The fourth-order valence-corrected chi connectivity index (χ4v) is 2.59. The molecular formula is C12H16BrN3O. The van der Waals surface area contributed by atoms with E-state index in [0.717, 1.165) is 29.7 Å². The number of carbonyl (C=O) groups excluding carboxylic acids is 1. The van der Waals surface area contributed by atoms with Gasteiger partial charge in [0.25, 0.3) is 5.91 Å². The molecular weight excluding hydrogens is 282 g/mol. The van der Waals surface area contributed by atoms with Crippen LogP contribution in [0.3, 0.4) is 0 Å². The Labute approximate surface area is 109 Å². The Bertz CT molecular complexity index is 436. The van der Waals surface area contributed by atoms with Crippen LogP contribution in [0.2, 0.25) is 0 Å². The molecule has 5 heteroatoms. The first-order valence-electron chi connectivity index (χ1n) is 5.66. The van der Waals surface area contributed by atoms with Crippen LogP contribution in [0.1, 0.15) is 16.8 Å². The summed E-state index contributed by atoms with van der Waals surface area (Å²) < 4.78 is 0.865. The lowest BCUT2D eigenvalue weighted by molar-refractivity contribution is 0.100. The van der Waals surface area contributed by atoms with Crippen molar-refractivity contribution in [3.8, 4) is 0 Å². The summed E-state index contributed by atoms with van der Waals surface area (Å²) in [5, 5.41) is 0. The lowest BCUT2D eigenvalue weighted by atomic mass is 10.1. The molecule has 1 atom stereocenters. The topological polar surface area (TPSA) is 72.3 Å². The van der Waals surface area contributed by atoms with Crippen molar-refractivity contribution < 1.29 is 4.79 Å². The molecule has 1 saturated heterocycles. The van der Waals surface area contributed by atoms with E-state index < -0.39 is 5.91 Å². The van der Waals surface area contributed by atoms with Gasteiger partial charge in [0.2, 0.25) is 0 Å². The molecule has 17 heavy (non-hydrogen) atoms. The van der Waals surface area contributed by atoms with Crippen molar-refractivity contribution in [1.29, 1.82) is 0 Å². The highest BCUT2D eigenvalue weighted by molar-refractivity contribution is 9.10. The molecule has 1 aliphatic heterocycles. The zero-order chi connectivity index (χ0) is 12.4. The molecule has 1 amide bonds. The number of primary amides is 1. The number of benzene rings is 1. The standard InChI is InChI=1S/C12H16BrN3O/c13-9-1-2-11(10(5-9)12(15)17)16-4-3-8(6-14)7-16/h1-2,5,8H,3-4,6-7,14H2,(H2,15,17). The second kappa shape index (κ2) is 5.06. The third kappa shape index (κ3) is 2.61. The molecule has 0 aromatic heterocycles. The Morgan fingerprint density at radius 3 is 2.88 bits per heavy atom. The zero-order valence-electron chi connectivity index (χ0n) is 9.53. The van der Waals surface area contributed by atoms with Gasteiger partial charge >= 0.3 is 0 Å². The Morgan fingerprint density at radius 1 is 1.53 bits per heavy atom. The number of anilines is 1. The molecule has 4 N–H and O–H groups in total. The Hall–Kier alpha value is -1.07. The number of carbonyl (C=O) groups is 1. The highest BCUT2D eigenvalue weighted by atomic mass is 79.9.